The minimum absolute atomic E-state index is 0.000270. The monoisotopic (exact) mass is 823 g/mol. The first-order valence-corrected chi connectivity index (χ1v) is 22.2. The van der Waals surface area contributed by atoms with E-state index in [0.29, 0.717) is 35.6 Å². The first kappa shape index (κ1) is 40.7. The third-order valence-electron chi connectivity index (χ3n) is 14.0. The van der Waals surface area contributed by atoms with Gasteiger partial charge in [-0.15, -0.1) is 0 Å². The first-order chi connectivity index (χ1) is 29.3. The van der Waals surface area contributed by atoms with Crippen molar-refractivity contribution >= 4 is 45.3 Å². The fourth-order valence-corrected chi connectivity index (χ4v) is 10.5. The average molecular weight is 824 g/mol. The van der Waals surface area contributed by atoms with Crippen LogP contribution in [-0.2, 0) is 14.3 Å². The number of benzene rings is 3. The predicted molar refractivity (Wildman–Crippen MR) is 237 cm³/mol. The second-order valence-corrected chi connectivity index (χ2v) is 19.0. The van der Waals surface area contributed by atoms with Gasteiger partial charge in [-0.25, -0.2) is 14.8 Å². The number of hydrogen-bond donors (Lipinski definition) is 2. The molecule has 2 saturated heterocycles. The maximum absolute atomic E-state index is 13.9. The molecule has 318 valence electrons. The summed E-state index contributed by atoms with van der Waals surface area (Å²) in [7, 11) is 1.27. The predicted octanol–water partition coefficient (Wildman–Crippen LogP) is 9.36. The first-order valence-electron chi connectivity index (χ1n) is 22.2. The molecule has 4 aliphatic rings. The zero-order chi connectivity index (χ0) is 42.7. The van der Waals surface area contributed by atoms with Gasteiger partial charge in [0.05, 0.1) is 35.9 Å². The Morgan fingerprint density at radius 2 is 1.62 bits per heavy atom. The number of H-pyrrole nitrogens is 2. The Kier molecular flexibility index (Phi) is 10.7. The standard InChI is InChI=1S/C49H57N7O5/c1-27(2)19-42(57)56-40-10-8-7-9-35(40)23-41(56)45-51-38-22-33(15-16-36(38)46(58)54-45)31-11-12-32-21-34(14-13-30(32)20-31)39-25-50-44(52-39)37-24-49(17-18-49)26-55(29(37)5)47(59)43(28(3)4)53-48(60)61-6/h11-16,20-22,25,27-29,35,37,40-41H,7-10,17-19,23-24,26H2,1-6H3,(H,50,52)(H,51,54,58). The van der Waals surface area contributed by atoms with Crippen LogP contribution in [0.1, 0.15) is 116 Å². The number of nitrogens with zero attached hydrogens (tertiary/aromatic N) is 5. The topological polar surface area (TPSA) is 154 Å². The summed E-state index contributed by atoms with van der Waals surface area (Å²) in [5, 5.41) is 2.69. The Bertz CT molecular complexity index is 2620. The number of ether oxygens (including phenoxy) is 1. The van der Waals surface area contributed by atoms with Crippen molar-refractivity contribution < 1.29 is 19.1 Å². The molecule has 5 unspecified atom stereocenters. The Hall–Kier alpha value is -5.65. The zero-order valence-corrected chi connectivity index (χ0v) is 36.2. The molecule has 0 radical (unpaired) electrons. The molecule has 3 amide bonds. The highest BCUT2D eigenvalue weighted by atomic mass is 16.5. The van der Waals surface area contributed by atoms with E-state index in [1.54, 1.807) is 0 Å². The lowest BCUT2D eigenvalue weighted by molar-refractivity contribution is -0.136. The number of nitrogens with one attached hydrogen (secondary N) is 2. The van der Waals surface area contributed by atoms with Gasteiger partial charge in [-0.1, -0.05) is 70.9 Å². The number of hydrogen-bond acceptors (Lipinski definition) is 7. The molecule has 0 bridgehead atoms. The van der Waals surface area contributed by atoms with E-state index in [-0.39, 0.29) is 64.4 Å². The molecule has 12 heteroatoms. The van der Waals surface area contributed by atoms with Crippen molar-refractivity contribution in [1.82, 2.24) is 29.7 Å². The number of fused-ring (bicyclic) bond motifs is 3. The normalized spacial score (nSPS) is 23.6. The second-order valence-electron chi connectivity index (χ2n) is 19.0. The number of amides is 3. The van der Waals surface area contributed by atoms with Crippen LogP contribution in [0.25, 0.3) is 44.1 Å². The SMILES string of the molecule is COC(=O)N=C(C(=O)N1CC2(CC2)CC(c2ncc(-c3ccc4cc(-c5ccc6c(=O)[nH]c(C7CC8CCCCC8N7C(=O)CC(C)C)nc6c5)ccc4c3)[nH]2)C1C)C(C)C. The number of imidazole rings is 1. The molecule has 2 saturated carbocycles. The van der Waals surface area contributed by atoms with Gasteiger partial charge in [0.1, 0.15) is 17.4 Å². The van der Waals surface area contributed by atoms with Gasteiger partial charge >= 0.3 is 6.09 Å². The van der Waals surface area contributed by atoms with E-state index < -0.39 is 6.09 Å². The molecule has 1 spiro atoms. The van der Waals surface area contributed by atoms with Crippen LogP contribution in [0.2, 0.25) is 0 Å². The molecule has 4 fully saturated rings. The van der Waals surface area contributed by atoms with Crippen molar-refractivity contribution in [2.24, 2.45) is 28.2 Å². The van der Waals surface area contributed by atoms with Crippen molar-refractivity contribution in [2.75, 3.05) is 13.7 Å². The van der Waals surface area contributed by atoms with E-state index in [2.05, 4.69) is 77.0 Å². The van der Waals surface area contributed by atoms with Crippen LogP contribution in [0, 0.1) is 23.2 Å². The molecular formula is C49H57N7O5. The molecule has 12 nitrogen and oxygen atoms in total. The summed E-state index contributed by atoms with van der Waals surface area (Å²) < 4.78 is 4.77. The fourth-order valence-electron chi connectivity index (χ4n) is 10.5. The van der Waals surface area contributed by atoms with Crippen molar-refractivity contribution in [3.8, 4) is 22.4 Å². The summed E-state index contributed by atoms with van der Waals surface area (Å²) in [4.78, 5) is 77.9. The summed E-state index contributed by atoms with van der Waals surface area (Å²) in [5.74, 6) is 1.85. The van der Waals surface area contributed by atoms with Crippen LogP contribution >= 0.6 is 0 Å². The molecule has 2 aliphatic heterocycles. The number of carbonyl (C=O) groups excluding carboxylic acids is 3. The van der Waals surface area contributed by atoms with Crippen molar-refractivity contribution in [3.05, 3.63) is 82.8 Å². The average Bonchev–Trinajstić information content (AvgIpc) is 3.61. The minimum atomic E-state index is -0.764. The summed E-state index contributed by atoms with van der Waals surface area (Å²) in [6, 6.07) is 18.4. The number of piperidine rings is 1. The van der Waals surface area contributed by atoms with Crippen LogP contribution < -0.4 is 5.56 Å². The molecule has 2 aromatic heterocycles. The van der Waals surface area contributed by atoms with Gasteiger partial charge in [0.15, 0.2) is 0 Å². The van der Waals surface area contributed by atoms with Crippen LogP contribution in [0.15, 0.2) is 70.6 Å². The Labute approximate surface area is 356 Å². The quantitative estimate of drug-likeness (QED) is 0.148. The maximum atomic E-state index is 13.9. The Morgan fingerprint density at radius 3 is 2.34 bits per heavy atom. The maximum Gasteiger partial charge on any atom is 0.433 e. The van der Waals surface area contributed by atoms with Crippen LogP contribution in [0.3, 0.4) is 0 Å². The van der Waals surface area contributed by atoms with Gasteiger partial charge in [-0.3, -0.25) is 14.4 Å². The van der Waals surface area contributed by atoms with E-state index in [1.165, 1.54) is 13.5 Å². The second kappa shape index (κ2) is 16.0. The third-order valence-corrected chi connectivity index (χ3v) is 14.0. The van der Waals surface area contributed by atoms with Crippen LogP contribution in [0.5, 0.6) is 0 Å². The van der Waals surface area contributed by atoms with Crippen molar-refractivity contribution in [3.63, 3.8) is 0 Å². The third kappa shape index (κ3) is 7.78. The molecule has 2 N–H and O–H groups in total. The van der Waals surface area contributed by atoms with Crippen LogP contribution in [-0.4, -0.2) is 79.1 Å². The lowest BCUT2D eigenvalue weighted by atomic mass is 9.80. The highest BCUT2D eigenvalue weighted by Crippen LogP contribution is 2.57. The minimum Gasteiger partial charge on any atom is -0.451 e. The number of aromatic amines is 2. The number of aliphatic imine (C=N–C) groups is 1. The molecule has 4 heterocycles. The highest BCUT2D eigenvalue weighted by Gasteiger charge is 2.53. The molecule has 5 aromatic rings. The number of aromatic nitrogens is 4. The molecule has 2 aliphatic carbocycles. The van der Waals surface area contributed by atoms with E-state index in [1.807, 2.05) is 43.1 Å². The smallest absolute Gasteiger partial charge is 0.433 e. The number of methoxy groups -OCH3 is 1. The van der Waals surface area contributed by atoms with Gasteiger partial charge in [-0.05, 0) is 109 Å². The molecule has 61 heavy (non-hydrogen) atoms. The van der Waals surface area contributed by atoms with Gasteiger partial charge < -0.3 is 24.5 Å². The van der Waals surface area contributed by atoms with E-state index >= 15 is 0 Å². The lowest BCUT2D eigenvalue weighted by Gasteiger charge is -2.43. The number of likely N-dealkylation sites (tertiary alicyclic amines) is 2. The Balaban J connectivity index is 0.964. The van der Waals surface area contributed by atoms with E-state index in [4.69, 9.17) is 14.7 Å². The molecule has 5 atom stereocenters. The van der Waals surface area contributed by atoms with Gasteiger partial charge in [-0.2, -0.15) is 4.99 Å². The number of rotatable bonds is 8. The van der Waals surface area contributed by atoms with Crippen LogP contribution in [0.4, 0.5) is 4.79 Å². The highest BCUT2D eigenvalue weighted by molar-refractivity contribution is 6.40. The van der Waals surface area contributed by atoms with Gasteiger partial charge in [0.25, 0.3) is 11.5 Å². The van der Waals surface area contributed by atoms with Gasteiger partial charge in [0, 0.05) is 42.4 Å². The van der Waals surface area contributed by atoms with Crippen molar-refractivity contribution in [2.45, 2.75) is 116 Å². The van der Waals surface area contributed by atoms with Gasteiger partial charge in [0.2, 0.25) is 5.91 Å². The largest absolute Gasteiger partial charge is 0.451 e. The fraction of sp³-hybridized carbons (Fsp3) is 0.490. The van der Waals surface area contributed by atoms with E-state index in [9.17, 15) is 19.2 Å². The molecule has 9 rings (SSSR count). The summed E-state index contributed by atoms with van der Waals surface area (Å²) in [6.07, 6.45) is 9.94. The molecule has 3 aromatic carbocycles. The Morgan fingerprint density at radius 1 is 0.918 bits per heavy atom. The summed E-state index contributed by atoms with van der Waals surface area (Å²) in [6.45, 7) is 10.6. The van der Waals surface area contributed by atoms with E-state index in [0.717, 1.165) is 83.9 Å². The zero-order valence-electron chi connectivity index (χ0n) is 36.2. The number of carbonyl (C=O) groups is 3. The molecular weight excluding hydrogens is 767 g/mol. The summed E-state index contributed by atoms with van der Waals surface area (Å²) in [5.41, 5.74) is 4.63. The van der Waals surface area contributed by atoms with Crippen molar-refractivity contribution in [1.29, 1.82) is 0 Å². The lowest BCUT2D eigenvalue weighted by Crippen LogP contribution is -2.53. The summed E-state index contributed by atoms with van der Waals surface area (Å²) >= 11 is 0.